The fourth-order valence-corrected chi connectivity index (χ4v) is 1.97. The number of nitrogens with zero attached hydrogens (tertiary/aromatic N) is 1. The first kappa shape index (κ1) is 14.3. The van der Waals surface area contributed by atoms with Gasteiger partial charge < -0.3 is 10.3 Å². The predicted octanol–water partition coefficient (Wildman–Crippen LogP) is 2.49. The number of alkyl halides is 3. The summed E-state index contributed by atoms with van der Waals surface area (Å²) in [6.07, 6.45) is -4.55. The van der Waals surface area contributed by atoms with E-state index in [-0.39, 0.29) is 18.8 Å². The van der Waals surface area contributed by atoms with E-state index in [0.717, 1.165) is 6.07 Å². The molecule has 0 aliphatic heterocycles. The van der Waals surface area contributed by atoms with Crippen molar-refractivity contribution in [1.29, 1.82) is 0 Å². The lowest BCUT2D eigenvalue weighted by molar-refractivity contribution is -0.137. The molecule has 106 valence electrons. The Hall–Kier alpha value is -2.08. The van der Waals surface area contributed by atoms with Gasteiger partial charge in [0, 0.05) is 19.2 Å². The summed E-state index contributed by atoms with van der Waals surface area (Å²) in [5.74, 6) is 0. The fraction of sp³-hybridized carbons (Fsp3) is 0.214. The molecular weight excluding hydrogens is 269 g/mol. The molecule has 0 radical (unpaired) electrons. The Bertz CT molecular complexity index is 648. The molecule has 0 amide bonds. The summed E-state index contributed by atoms with van der Waals surface area (Å²) >= 11 is 0. The Morgan fingerprint density at radius 3 is 2.30 bits per heavy atom. The molecule has 0 atom stereocenters. The molecule has 1 heterocycles. The normalized spacial score (nSPS) is 11.6. The largest absolute Gasteiger partial charge is 0.416 e. The minimum atomic E-state index is -4.55. The Morgan fingerprint density at radius 1 is 1.10 bits per heavy atom. The van der Waals surface area contributed by atoms with Gasteiger partial charge in [-0.25, -0.2) is 0 Å². The number of hydrogen-bond acceptors (Lipinski definition) is 2. The first-order valence-corrected chi connectivity index (χ1v) is 6.01. The second kappa shape index (κ2) is 5.50. The third-order valence-electron chi connectivity index (χ3n) is 2.88. The van der Waals surface area contributed by atoms with Crippen molar-refractivity contribution in [3.63, 3.8) is 0 Å². The van der Waals surface area contributed by atoms with Gasteiger partial charge in [0.25, 0.3) is 5.56 Å². The average molecular weight is 282 g/mol. The highest BCUT2D eigenvalue weighted by Gasteiger charge is 2.32. The summed E-state index contributed by atoms with van der Waals surface area (Å²) in [6, 6.07) is 10.0. The molecule has 0 fully saturated rings. The quantitative estimate of drug-likeness (QED) is 0.940. The lowest BCUT2D eigenvalue weighted by Crippen LogP contribution is -2.27. The van der Waals surface area contributed by atoms with Gasteiger partial charge in [0.15, 0.2) is 0 Å². The van der Waals surface area contributed by atoms with Crippen LogP contribution in [0.4, 0.5) is 13.2 Å². The number of halogens is 3. The molecule has 20 heavy (non-hydrogen) atoms. The number of rotatable bonds is 3. The molecule has 0 saturated heterocycles. The van der Waals surface area contributed by atoms with E-state index >= 15 is 0 Å². The highest BCUT2D eigenvalue weighted by Crippen LogP contribution is 2.31. The van der Waals surface area contributed by atoms with Gasteiger partial charge in [0.05, 0.1) is 11.3 Å². The summed E-state index contributed by atoms with van der Waals surface area (Å²) < 4.78 is 39.7. The van der Waals surface area contributed by atoms with E-state index in [2.05, 4.69) is 0 Å². The van der Waals surface area contributed by atoms with Crippen molar-refractivity contribution >= 4 is 0 Å². The second-order valence-corrected chi connectivity index (χ2v) is 4.27. The molecule has 2 aromatic rings. The van der Waals surface area contributed by atoms with Crippen LogP contribution in [0.15, 0.2) is 47.3 Å². The predicted molar refractivity (Wildman–Crippen MR) is 70.2 cm³/mol. The van der Waals surface area contributed by atoms with Crippen LogP contribution in [0.2, 0.25) is 0 Å². The van der Waals surface area contributed by atoms with E-state index in [0.29, 0.717) is 11.6 Å². The van der Waals surface area contributed by atoms with Gasteiger partial charge in [-0.3, -0.25) is 4.79 Å². The van der Waals surface area contributed by atoms with Crippen LogP contribution in [0.3, 0.4) is 0 Å². The Kier molecular flexibility index (Phi) is 3.94. The summed E-state index contributed by atoms with van der Waals surface area (Å²) in [4.78, 5) is 11.9. The van der Waals surface area contributed by atoms with Crippen molar-refractivity contribution in [2.75, 3.05) is 6.54 Å². The van der Waals surface area contributed by atoms with Gasteiger partial charge in [-0.2, -0.15) is 13.2 Å². The first-order valence-electron chi connectivity index (χ1n) is 6.01. The van der Waals surface area contributed by atoms with E-state index in [4.69, 9.17) is 5.73 Å². The Labute approximate surface area is 113 Å². The second-order valence-electron chi connectivity index (χ2n) is 4.27. The standard InChI is InChI=1S/C14H13F3N2O/c15-14(16,17)11-8-12(10-4-2-1-3-5-10)19(7-6-18)13(20)9-11/h1-5,8-9H,6-7,18H2. The minimum Gasteiger partial charge on any atom is -0.329 e. The number of hydrogen-bond donors (Lipinski definition) is 1. The van der Waals surface area contributed by atoms with Crippen molar-refractivity contribution in [3.05, 3.63) is 58.4 Å². The van der Waals surface area contributed by atoms with Crippen LogP contribution in [0.25, 0.3) is 11.3 Å². The molecule has 2 rings (SSSR count). The van der Waals surface area contributed by atoms with Crippen LogP contribution in [0.5, 0.6) is 0 Å². The van der Waals surface area contributed by atoms with Gasteiger partial charge in [0.2, 0.25) is 0 Å². The van der Waals surface area contributed by atoms with Crippen molar-refractivity contribution in [3.8, 4) is 11.3 Å². The molecule has 0 saturated carbocycles. The average Bonchev–Trinajstić information content (AvgIpc) is 2.41. The molecule has 1 aromatic heterocycles. The van der Waals surface area contributed by atoms with Crippen molar-refractivity contribution < 1.29 is 13.2 Å². The molecule has 0 spiro atoms. The highest BCUT2D eigenvalue weighted by molar-refractivity contribution is 5.60. The zero-order valence-corrected chi connectivity index (χ0v) is 10.5. The monoisotopic (exact) mass is 282 g/mol. The molecule has 3 nitrogen and oxygen atoms in total. The minimum absolute atomic E-state index is 0.168. The molecule has 0 bridgehead atoms. The number of nitrogens with two attached hydrogens (primary N) is 1. The Morgan fingerprint density at radius 2 is 1.75 bits per heavy atom. The van der Waals surface area contributed by atoms with Crippen LogP contribution in [-0.4, -0.2) is 11.1 Å². The highest BCUT2D eigenvalue weighted by atomic mass is 19.4. The van der Waals surface area contributed by atoms with Gasteiger partial charge in [0.1, 0.15) is 0 Å². The molecule has 0 unspecified atom stereocenters. The maximum absolute atomic E-state index is 12.8. The van der Waals surface area contributed by atoms with Crippen LogP contribution >= 0.6 is 0 Å². The van der Waals surface area contributed by atoms with E-state index < -0.39 is 17.3 Å². The van der Waals surface area contributed by atoms with Crippen molar-refractivity contribution in [2.45, 2.75) is 12.7 Å². The molecule has 0 aliphatic rings. The molecule has 2 N–H and O–H groups in total. The van der Waals surface area contributed by atoms with Gasteiger partial charge in [-0.05, 0) is 11.6 Å². The summed E-state index contributed by atoms with van der Waals surface area (Å²) in [7, 11) is 0. The zero-order valence-electron chi connectivity index (χ0n) is 10.5. The van der Waals surface area contributed by atoms with Crippen LogP contribution in [0.1, 0.15) is 5.56 Å². The van der Waals surface area contributed by atoms with Gasteiger partial charge >= 0.3 is 6.18 Å². The maximum atomic E-state index is 12.8. The van der Waals surface area contributed by atoms with Gasteiger partial charge in [-0.15, -0.1) is 0 Å². The van der Waals surface area contributed by atoms with Gasteiger partial charge in [-0.1, -0.05) is 30.3 Å². The maximum Gasteiger partial charge on any atom is 0.416 e. The number of benzene rings is 1. The van der Waals surface area contributed by atoms with E-state index in [1.165, 1.54) is 4.57 Å². The van der Waals surface area contributed by atoms with Crippen LogP contribution in [0, 0.1) is 0 Å². The third kappa shape index (κ3) is 2.91. The lowest BCUT2D eigenvalue weighted by Gasteiger charge is -2.15. The topological polar surface area (TPSA) is 48.0 Å². The van der Waals surface area contributed by atoms with Crippen LogP contribution < -0.4 is 11.3 Å². The Balaban J connectivity index is 2.69. The van der Waals surface area contributed by atoms with Crippen LogP contribution in [-0.2, 0) is 12.7 Å². The van der Waals surface area contributed by atoms with Crippen molar-refractivity contribution in [1.82, 2.24) is 4.57 Å². The summed E-state index contributed by atoms with van der Waals surface area (Å²) in [5, 5.41) is 0. The first-order chi connectivity index (χ1) is 9.43. The molecule has 0 aliphatic carbocycles. The summed E-state index contributed by atoms with van der Waals surface area (Å²) in [5.41, 5.74) is 4.53. The number of pyridine rings is 1. The fourth-order valence-electron chi connectivity index (χ4n) is 1.97. The molecular formula is C14H13F3N2O. The molecule has 1 aromatic carbocycles. The number of aromatic nitrogens is 1. The third-order valence-corrected chi connectivity index (χ3v) is 2.88. The smallest absolute Gasteiger partial charge is 0.329 e. The molecule has 6 heteroatoms. The zero-order chi connectivity index (χ0) is 14.8. The van der Waals surface area contributed by atoms with E-state index in [1.54, 1.807) is 30.3 Å². The van der Waals surface area contributed by atoms with Crippen molar-refractivity contribution in [2.24, 2.45) is 5.73 Å². The van der Waals surface area contributed by atoms with E-state index in [1.807, 2.05) is 0 Å². The summed E-state index contributed by atoms with van der Waals surface area (Å²) in [6.45, 7) is 0.340. The van der Waals surface area contributed by atoms with E-state index in [9.17, 15) is 18.0 Å². The lowest BCUT2D eigenvalue weighted by atomic mass is 10.1. The SMILES string of the molecule is NCCn1c(-c2ccccc2)cc(C(F)(F)F)cc1=O.